The minimum atomic E-state index is -0.0412. The molecule has 0 unspecified atom stereocenters. The van der Waals surface area contributed by atoms with Crippen LogP contribution in [0.2, 0.25) is 0 Å². The number of hydrogen-bond acceptors (Lipinski definition) is 2. The highest BCUT2D eigenvalue weighted by Crippen LogP contribution is 2.29. The topological polar surface area (TPSA) is 49.4 Å². The number of hydrogen-bond donors (Lipinski definition) is 1. The maximum atomic E-state index is 12.9. The summed E-state index contributed by atoms with van der Waals surface area (Å²) < 4.78 is 0. The molecule has 0 fully saturated rings. The van der Waals surface area contributed by atoms with Crippen molar-refractivity contribution in [2.45, 2.75) is 32.1 Å². The van der Waals surface area contributed by atoms with Gasteiger partial charge in [-0.1, -0.05) is 36.4 Å². The van der Waals surface area contributed by atoms with E-state index in [0.29, 0.717) is 24.2 Å². The molecule has 2 aliphatic rings. The highest BCUT2D eigenvalue weighted by Gasteiger charge is 2.25. The molecule has 2 amide bonds. The van der Waals surface area contributed by atoms with E-state index in [-0.39, 0.29) is 11.8 Å². The molecule has 1 aliphatic carbocycles. The van der Waals surface area contributed by atoms with Crippen LogP contribution < -0.4 is 10.2 Å². The molecule has 5 rings (SSSR count). The predicted molar refractivity (Wildman–Crippen MR) is 119 cm³/mol. The first-order chi connectivity index (χ1) is 14.7. The van der Waals surface area contributed by atoms with Gasteiger partial charge in [-0.05, 0) is 78.3 Å². The van der Waals surface area contributed by atoms with E-state index in [4.69, 9.17) is 0 Å². The summed E-state index contributed by atoms with van der Waals surface area (Å²) in [7, 11) is 0. The number of rotatable bonds is 4. The Balaban J connectivity index is 1.23. The normalized spacial score (nSPS) is 14.3. The number of nitrogens with one attached hydrogen (secondary N) is 1. The number of aryl methyl sites for hydroxylation is 2. The SMILES string of the molecule is O=C(Cc1ccc2c(c1)CCC2)Nc1ccc(C(=O)N2CCc3ccccc32)cc1. The zero-order valence-corrected chi connectivity index (χ0v) is 16.9. The summed E-state index contributed by atoms with van der Waals surface area (Å²) >= 11 is 0. The van der Waals surface area contributed by atoms with Crippen LogP contribution in [0, 0.1) is 0 Å². The number of para-hydroxylation sites is 1. The van der Waals surface area contributed by atoms with E-state index in [1.807, 2.05) is 23.1 Å². The molecule has 0 saturated carbocycles. The molecule has 4 nitrogen and oxygen atoms in total. The monoisotopic (exact) mass is 396 g/mol. The van der Waals surface area contributed by atoms with Crippen molar-refractivity contribution < 1.29 is 9.59 Å². The molecule has 150 valence electrons. The molecule has 3 aromatic rings. The Morgan fingerprint density at radius 1 is 0.833 bits per heavy atom. The molecule has 0 spiro atoms. The Bertz CT molecular complexity index is 1120. The van der Waals surface area contributed by atoms with Gasteiger partial charge in [0.15, 0.2) is 0 Å². The molecular weight excluding hydrogens is 372 g/mol. The molecule has 1 N–H and O–H groups in total. The Morgan fingerprint density at radius 2 is 1.63 bits per heavy atom. The Labute approximate surface area is 176 Å². The average molecular weight is 396 g/mol. The molecule has 4 heteroatoms. The standard InChI is InChI=1S/C26H24N2O2/c29-25(17-18-8-9-19-5-3-6-22(19)16-18)27-23-12-10-21(11-13-23)26(30)28-15-14-20-4-1-2-7-24(20)28/h1-2,4,7-13,16H,3,5-6,14-15,17H2,(H,27,29). The van der Waals surface area contributed by atoms with Gasteiger partial charge in [0.05, 0.1) is 6.42 Å². The van der Waals surface area contributed by atoms with Crippen LogP contribution in [0.25, 0.3) is 0 Å². The number of benzene rings is 3. The fraction of sp³-hybridized carbons (Fsp3) is 0.231. The second-order valence-corrected chi connectivity index (χ2v) is 8.09. The third-order valence-electron chi connectivity index (χ3n) is 6.08. The third kappa shape index (κ3) is 3.61. The lowest BCUT2D eigenvalue weighted by Gasteiger charge is -2.17. The number of carbonyl (C=O) groups is 2. The molecular formula is C26H24N2O2. The van der Waals surface area contributed by atoms with E-state index >= 15 is 0 Å². The van der Waals surface area contributed by atoms with E-state index in [1.54, 1.807) is 24.3 Å². The van der Waals surface area contributed by atoms with Gasteiger partial charge in [-0.2, -0.15) is 0 Å². The van der Waals surface area contributed by atoms with E-state index in [0.717, 1.165) is 30.5 Å². The van der Waals surface area contributed by atoms with E-state index in [9.17, 15) is 9.59 Å². The van der Waals surface area contributed by atoms with Crippen LogP contribution in [0.4, 0.5) is 11.4 Å². The van der Waals surface area contributed by atoms with Crippen LogP contribution in [-0.2, 0) is 30.5 Å². The van der Waals surface area contributed by atoms with Gasteiger partial charge in [0.25, 0.3) is 5.91 Å². The summed E-state index contributed by atoms with van der Waals surface area (Å²) in [6.45, 7) is 0.706. The first kappa shape index (κ1) is 18.6. The van der Waals surface area contributed by atoms with E-state index in [1.165, 1.54) is 23.1 Å². The Kier molecular flexibility index (Phi) is 4.83. The van der Waals surface area contributed by atoms with Gasteiger partial charge in [-0.15, -0.1) is 0 Å². The number of amides is 2. The maximum Gasteiger partial charge on any atom is 0.258 e. The van der Waals surface area contributed by atoms with Gasteiger partial charge >= 0.3 is 0 Å². The quantitative estimate of drug-likeness (QED) is 0.703. The van der Waals surface area contributed by atoms with Crippen molar-refractivity contribution in [3.8, 4) is 0 Å². The minimum absolute atomic E-state index is 0.00373. The number of carbonyl (C=O) groups excluding carboxylic acids is 2. The molecule has 0 aromatic heterocycles. The van der Waals surface area contributed by atoms with Gasteiger partial charge < -0.3 is 10.2 Å². The summed E-state index contributed by atoms with van der Waals surface area (Å²) in [6, 6.07) is 21.6. The van der Waals surface area contributed by atoms with Crippen LogP contribution in [0.15, 0.2) is 66.7 Å². The average Bonchev–Trinajstić information content (AvgIpc) is 3.40. The molecule has 1 heterocycles. The van der Waals surface area contributed by atoms with Crippen LogP contribution in [0.3, 0.4) is 0 Å². The number of nitrogens with zero attached hydrogens (tertiary/aromatic N) is 1. The molecule has 1 aliphatic heterocycles. The summed E-state index contributed by atoms with van der Waals surface area (Å²) in [6.07, 6.45) is 4.72. The lowest BCUT2D eigenvalue weighted by Crippen LogP contribution is -2.28. The van der Waals surface area contributed by atoms with Crippen LogP contribution in [0.5, 0.6) is 0 Å². The second-order valence-electron chi connectivity index (χ2n) is 8.09. The van der Waals surface area contributed by atoms with Gasteiger partial charge in [0, 0.05) is 23.5 Å². The Morgan fingerprint density at radius 3 is 2.50 bits per heavy atom. The fourth-order valence-corrected chi connectivity index (χ4v) is 4.53. The summed E-state index contributed by atoms with van der Waals surface area (Å²) in [4.78, 5) is 27.2. The van der Waals surface area contributed by atoms with Crippen molar-refractivity contribution in [1.29, 1.82) is 0 Å². The Hall–Kier alpha value is -3.40. The highest BCUT2D eigenvalue weighted by atomic mass is 16.2. The van der Waals surface area contributed by atoms with Gasteiger partial charge in [-0.25, -0.2) is 0 Å². The van der Waals surface area contributed by atoms with E-state index < -0.39 is 0 Å². The molecule has 3 aromatic carbocycles. The maximum absolute atomic E-state index is 12.9. The summed E-state index contributed by atoms with van der Waals surface area (Å²) in [5.41, 5.74) is 7.39. The highest BCUT2D eigenvalue weighted by molar-refractivity contribution is 6.07. The first-order valence-electron chi connectivity index (χ1n) is 10.6. The molecule has 0 saturated heterocycles. The minimum Gasteiger partial charge on any atom is -0.326 e. The van der Waals surface area contributed by atoms with Gasteiger partial charge in [-0.3, -0.25) is 9.59 Å². The number of fused-ring (bicyclic) bond motifs is 2. The van der Waals surface area contributed by atoms with Crippen molar-refractivity contribution in [3.63, 3.8) is 0 Å². The van der Waals surface area contributed by atoms with Crippen LogP contribution in [0.1, 0.15) is 39.0 Å². The largest absolute Gasteiger partial charge is 0.326 e. The zero-order valence-electron chi connectivity index (χ0n) is 16.9. The van der Waals surface area contributed by atoms with Gasteiger partial charge in [0.2, 0.25) is 5.91 Å². The van der Waals surface area contributed by atoms with Crippen LogP contribution in [-0.4, -0.2) is 18.4 Å². The van der Waals surface area contributed by atoms with Crippen LogP contribution >= 0.6 is 0 Å². The fourth-order valence-electron chi connectivity index (χ4n) is 4.53. The summed E-state index contributed by atoms with van der Waals surface area (Å²) in [5.74, 6) is -0.0449. The lowest BCUT2D eigenvalue weighted by molar-refractivity contribution is -0.115. The van der Waals surface area contributed by atoms with Crippen molar-refractivity contribution in [3.05, 3.63) is 94.5 Å². The van der Waals surface area contributed by atoms with Crippen molar-refractivity contribution >= 4 is 23.2 Å². The van der Waals surface area contributed by atoms with Gasteiger partial charge in [0.1, 0.15) is 0 Å². The second kappa shape index (κ2) is 7.79. The van der Waals surface area contributed by atoms with Crippen molar-refractivity contribution in [1.82, 2.24) is 0 Å². The molecule has 30 heavy (non-hydrogen) atoms. The van der Waals surface area contributed by atoms with E-state index in [2.05, 4.69) is 29.6 Å². The lowest BCUT2D eigenvalue weighted by atomic mass is 10.0. The first-order valence-corrected chi connectivity index (χ1v) is 10.6. The van der Waals surface area contributed by atoms with Crippen molar-refractivity contribution in [2.24, 2.45) is 0 Å². The van der Waals surface area contributed by atoms with Crippen molar-refractivity contribution in [2.75, 3.05) is 16.8 Å². The molecule has 0 bridgehead atoms. The summed E-state index contributed by atoms with van der Waals surface area (Å²) in [5, 5.41) is 2.95. The molecule has 0 radical (unpaired) electrons. The number of anilines is 2. The third-order valence-corrected chi connectivity index (χ3v) is 6.08. The molecule has 0 atom stereocenters. The predicted octanol–water partition coefficient (Wildman–Crippen LogP) is 4.56. The zero-order chi connectivity index (χ0) is 20.5. The smallest absolute Gasteiger partial charge is 0.258 e.